The summed E-state index contributed by atoms with van der Waals surface area (Å²) in [5, 5.41) is 3.75. The third-order valence-electron chi connectivity index (χ3n) is 2.55. The molecule has 0 aromatic carbocycles. The molecule has 0 fully saturated rings. The van der Waals surface area contributed by atoms with Gasteiger partial charge in [-0.15, -0.1) is 0 Å². The van der Waals surface area contributed by atoms with E-state index in [0.29, 0.717) is 18.7 Å². The predicted octanol–water partition coefficient (Wildman–Crippen LogP) is 0.667. The predicted molar refractivity (Wildman–Crippen MR) is 52.5 cm³/mol. The molecule has 1 aromatic heterocycles. The van der Waals surface area contributed by atoms with Crippen LogP contribution in [0.25, 0.3) is 0 Å². The van der Waals surface area contributed by atoms with Gasteiger partial charge in [0.1, 0.15) is 5.76 Å². The minimum absolute atomic E-state index is 0.0880. The first-order chi connectivity index (χ1) is 7.22. The summed E-state index contributed by atoms with van der Waals surface area (Å²) in [6.45, 7) is 2.10. The monoisotopic (exact) mass is 210 g/mol. The van der Waals surface area contributed by atoms with Crippen LogP contribution in [0.4, 0.5) is 0 Å². The van der Waals surface area contributed by atoms with Gasteiger partial charge in [0.2, 0.25) is 0 Å². The molecule has 1 heterocycles. The Bertz CT molecular complexity index is 373. The van der Waals surface area contributed by atoms with Crippen LogP contribution < -0.4 is 5.73 Å². The average Bonchev–Trinajstić information content (AvgIpc) is 2.60. The first-order valence-electron chi connectivity index (χ1n) is 5.12. The second-order valence-electron chi connectivity index (χ2n) is 3.66. The van der Waals surface area contributed by atoms with Crippen molar-refractivity contribution in [3.05, 3.63) is 17.0 Å². The molecule has 0 radical (unpaired) electrons. The Kier molecular flexibility index (Phi) is 2.73. The van der Waals surface area contributed by atoms with Crippen LogP contribution in [-0.2, 0) is 17.6 Å². The van der Waals surface area contributed by atoms with Gasteiger partial charge < -0.3 is 15.0 Å². The maximum Gasteiger partial charge on any atom is 0.360 e. The molecule has 1 aliphatic rings. The summed E-state index contributed by atoms with van der Waals surface area (Å²) < 4.78 is 9.98. The second-order valence-corrected chi connectivity index (χ2v) is 3.66. The zero-order valence-corrected chi connectivity index (χ0v) is 8.66. The molecule has 0 saturated carbocycles. The fourth-order valence-electron chi connectivity index (χ4n) is 1.79. The lowest BCUT2D eigenvalue weighted by Crippen LogP contribution is -2.28. The molecule has 5 nitrogen and oxygen atoms in total. The first-order valence-corrected chi connectivity index (χ1v) is 5.12. The van der Waals surface area contributed by atoms with Crippen molar-refractivity contribution in [2.75, 3.05) is 6.61 Å². The van der Waals surface area contributed by atoms with E-state index < -0.39 is 5.97 Å². The fourth-order valence-corrected chi connectivity index (χ4v) is 1.79. The Hall–Kier alpha value is -1.36. The van der Waals surface area contributed by atoms with Crippen LogP contribution in [0.3, 0.4) is 0 Å². The molecule has 2 N–H and O–H groups in total. The van der Waals surface area contributed by atoms with Gasteiger partial charge in [-0.25, -0.2) is 4.79 Å². The molecule has 0 bridgehead atoms. The van der Waals surface area contributed by atoms with Crippen LogP contribution in [-0.4, -0.2) is 23.8 Å². The van der Waals surface area contributed by atoms with E-state index in [4.69, 9.17) is 15.0 Å². The van der Waals surface area contributed by atoms with E-state index in [1.165, 1.54) is 0 Å². The maximum absolute atomic E-state index is 11.5. The molecule has 2 rings (SSSR count). The number of nitrogens with zero attached hydrogens (tertiary/aromatic N) is 1. The zero-order chi connectivity index (χ0) is 10.8. The molecule has 0 amide bonds. The normalized spacial score (nSPS) is 19.7. The van der Waals surface area contributed by atoms with E-state index in [1.807, 2.05) is 0 Å². The van der Waals surface area contributed by atoms with E-state index in [-0.39, 0.29) is 6.04 Å². The second kappa shape index (κ2) is 4.02. The molecule has 0 aliphatic heterocycles. The zero-order valence-electron chi connectivity index (χ0n) is 8.66. The van der Waals surface area contributed by atoms with Crippen LogP contribution in [0.15, 0.2) is 4.52 Å². The van der Waals surface area contributed by atoms with Gasteiger partial charge in [-0.2, -0.15) is 0 Å². The number of aryl methyl sites for hydroxylation is 1. The molecule has 1 aromatic rings. The molecule has 0 spiro atoms. The van der Waals surface area contributed by atoms with Gasteiger partial charge in [0.25, 0.3) is 0 Å². The van der Waals surface area contributed by atoms with Gasteiger partial charge in [-0.3, -0.25) is 0 Å². The Morgan fingerprint density at radius 1 is 1.73 bits per heavy atom. The number of hydrogen-bond acceptors (Lipinski definition) is 5. The van der Waals surface area contributed by atoms with Crippen LogP contribution in [0, 0.1) is 0 Å². The molecule has 82 valence electrons. The minimum Gasteiger partial charge on any atom is -0.461 e. The molecular formula is C10H14N2O3. The summed E-state index contributed by atoms with van der Waals surface area (Å²) in [5.74, 6) is 0.358. The molecule has 1 unspecified atom stereocenters. The molecule has 1 aliphatic carbocycles. The van der Waals surface area contributed by atoms with Gasteiger partial charge in [-0.05, 0) is 19.8 Å². The lowest BCUT2D eigenvalue weighted by atomic mass is 9.93. The molecule has 0 saturated heterocycles. The lowest BCUT2D eigenvalue weighted by molar-refractivity contribution is 0.0513. The summed E-state index contributed by atoms with van der Waals surface area (Å²) in [7, 11) is 0. The number of fused-ring (bicyclic) bond motifs is 1. The summed E-state index contributed by atoms with van der Waals surface area (Å²) in [6.07, 6.45) is 2.28. The Labute approximate surface area is 87.6 Å². The number of hydrogen-bond donors (Lipinski definition) is 1. The van der Waals surface area contributed by atoms with Crippen LogP contribution in [0.1, 0.15) is 35.2 Å². The number of nitrogens with two attached hydrogens (primary N) is 1. The van der Waals surface area contributed by atoms with Crippen LogP contribution >= 0.6 is 0 Å². The highest BCUT2D eigenvalue weighted by Crippen LogP contribution is 2.24. The molecule has 15 heavy (non-hydrogen) atoms. The Balaban J connectivity index is 2.26. The summed E-state index contributed by atoms with van der Waals surface area (Å²) >= 11 is 0. The number of esters is 1. The van der Waals surface area contributed by atoms with Crippen molar-refractivity contribution in [1.29, 1.82) is 0 Å². The van der Waals surface area contributed by atoms with Crippen molar-refractivity contribution in [1.82, 2.24) is 5.16 Å². The van der Waals surface area contributed by atoms with Gasteiger partial charge >= 0.3 is 5.97 Å². The van der Waals surface area contributed by atoms with Gasteiger partial charge in [0.15, 0.2) is 5.69 Å². The molecule has 1 atom stereocenters. The molecular weight excluding hydrogens is 196 g/mol. The van der Waals surface area contributed by atoms with Crippen molar-refractivity contribution in [3.63, 3.8) is 0 Å². The summed E-state index contributed by atoms with van der Waals surface area (Å²) in [5.41, 5.74) is 6.95. The number of ether oxygens (including phenoxy) is 1. The number of aromatic nitrogens is 1. The highest BCUT2D eigenvalue weighted by atomic mass is 16.5. The van der Waals surface area contributed by atoms with E-state index >= 15 is 0 Å². The first kappa shape index (κ1) is 10.2. The largest absolute Gasteiger partial charge is 0.461 e. The Morgan fingerprint density at radius 2 is 2.53 bits per heavy atom. The van der Waals surface area contributed by atoms with Crippen molar-refractivity contribution in [2.24, 2.45) is 5.73 Å². The quantitative estimate of drug-likeness (QED) is 0.726. The third-order valence-corrected chi connectivity index (χ3v) is 2.55. The van der Waals surface area contributed by atoms with Crippen LogP contribution in [0.2, 0.25) is 0 Å². The third kappa shape index (κ3) is 1.87. The van der Waals surface area contributed by atoms with Gasteiger partial charge in [-0.1, -0.05) is 5.16 Å². The van der Waals surface area contributed by atoms with E-state index in [9.17, 15) is 4.79 Å². The highest BCUT2D eigenvalue weighted by Gasteiger charge is 2.27. The van der Waals surface area contributed by atoms with Gasteiger partial charge in [0.05, 0.1) is 6.61 Å². The maximum atomic E-state index is 11.5. The summed E-state index contributed by atoms with van der Waals surface area (Å²) in [4.78, 5) is 11.5. The SMILES string of the molecule is CCOC(=O)c1noc2c1CC(N)CC2. The number of carbonyl (C=O) groups is 1. The summed E-state index contributed by atoms with van der Waals surface area (Å²) in [6, 6.07) is 0.0880. The average molecular weight is 210 g/mol. The smallest absolute Gasteiger partial charge is 0.360 e. The minimum atomic E-state index is -0.420. The standard InChI is InChI=1S/C10H14N2O3/c1-2-14-10(13)9-7-5-6(11)3-4-8(7)15-12-9/h6H,2-5,11H2,1H3. The highest BCUT2D eigenvalue weighted by molar-refractivity contribution is 5.89. The Morgan fingerprint density at radius 3 is 3.27 bits per heavy atom. The fraction of sp³-hybridized carbons (Fsp3) is 0.600. The van der Waals surface area contributed by atoms with Crippen molar-refractivity contribution in [2.45, 2.75) is 32.2 Å². The topological polar surface area (TPSA) is 78.3 Å². The molecule has 5 heteroatoms. The van der Waals surface area contributed by atoms with Crippen molar-refractivity contribution >= 4 is 5.97 Å². The van der Waals surface area contributed by atoms with Crippen molar-refractivity contribution in [3.8, 4) is 0 Å². The van der Waals surface area contributed by atoms with E-state index in [0.717, 1.165) is 24.2 Å². The van der Waals surface area contributed by atoms with E-state index in [2.05, 4.69) is 5.16 Å². The van der Waals surface area contributed by atoms with Gasteiger partial charge in [0, 0.05) is 18.0 Å². The number of carbonyl (C=O) groups excluding carboxylic acids is 1. The van der Waals surface area contributed by atoms with Crippen LogP contribution in [0.5, 0.6) is 0 Å². The van der Waals surface area contributed by atoms with E-state index in [1.54, 1.807) is 6.92 Å². The van der Waals surface area contributed by atoms with Crippen molar-refractivity contribution < 1.29 is 14.1 Å². The number of rotatable bonds is 2. The lowest BCUT2D eigenvalue weighted by Gasteiger charge is -2.16.